The van der Waals surface area contributed by atoms with E-state index in [0.29, 0.717) is 18.7 Å². The van der Waals surface area contributed by atoms with Crippen LogP contribution in [0.3, 0.4) is 0 Å². The van der Waals surface area contributed by atoms with E-state index in [2.05, 4.69) is 0 Å². The maximum absolute atomic E-state index is 12.1. The molecule has 1 amide bonds. The van der Waals surface area contributed by atoms with Gasteiger partial charge in [-0.2, -0.15) is 0 Å². The Labute approximate surface area is 123 Å². The molecule has 1 aliphatic heterocycles. The molecule has 112 valence electrons. The van der Waals surface area contributed by atoms with E-state index in [0.717, 1.165) is 0 Å². The fourth-order valence-electron chi connectivity index (χ4n) is 2.37. The molecule has 2 atom stereocenters. The number of nitro groups is 1. The fourth-order valence-corrected chi connectivity index (χ4v) is 2.37. The number of carbonyl (C=O) groups excluding carboxylic acids is 1. The third-order valence-corrected chi connectivity index (χ3v) is 3.23. The maximum atomic E-state index is 12.1. The van der Waals surface area contributed by atoms with E-state index >= 15 is 0 Å². The van der Waals surface area contributed by atoms with E-state index in [1.807, 2.05) is 13.8 Å². The van der Waals surface area contributed by atoms with Crippen LogP contribution in [0.5, 0.6) is 0 Å². The molecule has 0 unspecified atom stereocenters. The topological polar surface area (TPSA) is 72.7 Å². The molecule has 1 heterocycles. The van der Waals surface area contributed by atoms with Gasteiger partial charge < -0.3 is 9.64 Å². The highest BCUT2D eigenvalue weighted by Gasteiger charge is 2.24. The van der Waals surface area contributed by atoms with Crippen LogP contribution in [0.25, 0.3) is 6.08 Å². The van der Waals surface area contributed by atoms with Crippen molar-refractivity contribution < 1.29 is 14.5 Å². The summed E-state index contributed by atoms with van der Waals surface area (Å²) in [5, 5.41) is 10.7. The number of amides is 1. The number of hydrogen-bond acceptors (Lipinski definition) is 4. The van der Waals surface area contributed by atoms with E-state index in [4.69, 9.17) is 4.74 Å². The summed E-state index contributed by atoms with van der Waals surface area (Å²) in [6, 6.07) is 6.18. The van der Waals surface area contributed by atoms with Crippen molar-refractivity contribution in [2.45, 2.75) is 26.1 Å². The molecule has 2 rings (SSSR count). The van der Waals surface area contributed by atoms with Crippen LogP contribution in [0.1, 0.15) is 19.4 Å². The number of carbonyl (C=O) groups is 1. The lowest BCUT2D eigenvalue weighted by Crippen LogP contribution is -2.47. The highest BCUT2D eigenvalue weighted by atomic mass is 16.6. The van der Waals surface area contributed by atoms with Gasteiger partial charge in [0.1, 0.15) is 0 Å². The molecule has 21 heavy (non-hydrogen) atoms. The highest BCUT2D eigenvalue weighted by molar-refractivity contribution is 5.92. The molecule has 0 aromatic heterocycles. The Bertz CT molecular complexity index is 561. The standard InChI is InChI=1S/C15H18N2O4/c1-11-9-16(10-12(2)21-11)15(18)7-6-13-4-3-5-14(8-13)17(19)20/h3-8,11-12H,9-10H2,1-2H3/b7-6+/t11-,12-/m1/s1. The van der Waals surface area contributed by atoms with Gasteiger partial charge in [0.05, 0.1) is 17.1 Å². The minimum atomic E-state index is -0.454. The van der Waals surface area contributed by atoms with E-state index < -0.39 is 4.92 Å². The lowest BCUT2D eigenvalue weighted by atomic mass is 10.1. The molecule has 1 aliphatic rings. The first-order chi connectivity index (χ1) is 9.95. The summed E-state index contributed by atoms with van der Waals surface area (Å²) < 4.78 is 5.58. The van der Waals surface area contributed by atoms with E-state index in [-0.39, 0.29) is 23.8 Å². The smallest absolute Gasteiger partial charge is 0.270 e. The third kappa shape index (κ3) is 4.13. The molecule has 1 aromatic rings. The number of non-ortho nitro benzene ring substituents is 1. The Morgan fingerprint density at radius 3 is 2.67 bits per heavy atom. The molecule has 0 bridgehead atoms. The van der Waals surface area contributed by atoms with Gasteiger partial charge in [-0.05, 0) is 25.5 Å². The Hall–Kier alpha value is -2.21. The van der Waals surface area contributed by atoms with Crippen LogP contribution >= 0.6 is 0 Å². The number of nitro benzene ring substituents is 1. The zero-order valence-electron chi connectivity index (χ0n) is 12.1. The second-order valence-corrected chi connectivity index (χ2v) is 5.19. The lowest BCUT2D eigenvalue weighted by molar-refractivity contribution is -0.384. The highest BCUT2D eigenvalue weighted by Crippen LogP contribution is 2.15. The van der Waals surface area contributed by atoms with Crippen LogP contribution in [-0.4, -0.2) is 41.0 Å². The molecule has 0 spiro atoms. The van der Waals surface area contributed by atoms with E-state index in [9.17, 15) is 14.9 Å². The van der Waals surface area contributed by atoms with Crippen molar-refractivity contribution in [1.29, 1.82) is 0 Å². The molecule has 6 nitrogen and oxygen atoms in total. The van der Waals surface area contributed by atoms with Crippen LogP contribution < -0.4 is 0 Å². The van der Waals surface area contributed by atoms with Crippen molar-refractivity contribution in [3.8, 4) is 0 Å². The normalized spacial score (nSPS) is 22.5. The van der Waals surface area contributed by atoms with Gasteiger partial charge in [-0.3, -0.25) is 14.9 Å². The van der Waals surface area contributed by atoms with Crippen LogP contribution in [0.2, 0.25) is 0 Å². The Morgan fingerprint density at radius 2 is 2.05 bits per heavy atom. The average molecular weight is 290 g/mol. The minimum absolute atomic E-state index is 0.0122. The SMILES string of the molecule is C[C@@H]1CN(C(=O)/C=C/c2cccc([N+](=O)[O-])c2)C[C@@H](C)O1. The first-order valence-corrected chi connectivity index (χ1v) is 6.82. The van der Waals surface area contributed by atoms with Gasteiger partial charge >= 0.3 is 0 Å². The van der Waals surface area contributed by atoms with E-state index in [1.54, 1.807) is 23.1 Å². The van der Waals surface area contributed by atoms with E-state index in [1.165, 1.54) is 18.2 Å². The third-order valence-electron chi connectivity index (χ3n) is 3.23. The molecule has 1 aromatic carbocycles. The van der Waals surface area contributed by atoms with Crippen molar-refractivity contribution in [1.82, 2.24) is 4.90 Å². The lowest BCUT2D eigenvalue weighted by Gasteiger charge is -2.34. The van der Waals surface area contributed by atoms with Gasteiger partial charge in [-0.15, -0.1) is 0 Å². The van der Waals surface area contributed by atoms with Crippen molar-refractivity contribution in [3.05, 3.63) is 46.0 Å². The summed E-state index contributed by atoms with van der Waals surface area (Å²) in [4.78, 5) is 24.1. The van der Waals surface area contributed by atoms with Gasteiger partial charge in [0.2, 0.25) is 5.91 Å². The predicted octanol–water partition coefficient (Wildman–Crippen LogP) is 2.24. The molecular weight excluding hydrogens is 272 g/mol. The summed E-state index contributed by atoms with van der Waals surface area (Å²) >= 11 is 0. The van der Waals surface area contributed by atoms with Gasteiger partial charge in [0.15, 0.2) is 0 Å². The van der Waals surface area contributed by atoms with Gasteiger partial charge in [0, 0.05) is 31.3 Å². The molecule has 0 N–H and O–H groups in total. The number of nitrogens with zero attached hydrogens (tertiary/aromatic N) is 2. The molecule has 1 saturated heterocycles. The summed E-state index contributed by atoms with van der Waals surface area (Å²) in [5.74, 6) is -0.108. The molecule has 0 saturated carbocycles. The Balaban J connectivity index is 2.05. The summed E-state index contributed by atoms with van der Waals surface area (Å²) in [6.45, 7) is 4.98. The summed E-state index contributed by atoms with van der Waals surface area (Å²) in [7, 11) is 0. The van der Waals surface area contributed by atoms with Gasteiger partial charge in [-0.1, -0.05) is 12.1 Å². The van der Waals surface area contributed by atoms with Crippen molar-refractivity contribution in [2.75, 3.05) is 13.1 Å². The number of morpholine rings is 1. The van der Waals surface area contributed by atoms with Gasteiger partial charge in [0.25, 0.3) is 5.69 Å². The second-order valence-electron chi connectivity index (χ2n) is 5.19. The summed E-state index contributed by atoms with van der Waals surface area (Å²) in [6.07, 6.45) is 3.08. The Kier molecular flexibility index (Phi) is 4.70. The molecule has 1 fully saturated rings. The monoisotopic (exact) mass is 290 g/mol. The number of benzene rings is 1. The maximum Gasteiger partial charge on any atom is 0.270 e. The van der Waals surface area contributed by atoms with Gasteiger partial charge in [-0.25, -0.2) is 0 Å². The zero-order chi connectivity index (χ0) is 15.4. The van der Waals surface area contributed by atoms with Crippen LogP contribution in [0.4, 0.5) is 5.69 Å². The fraction of sp³-hybridized carbons (Fsp3) is 0.400. The van der Waals surface area contributed by atoms with Crippen LogP contribution in [0, 0.1) is 10.1 Å². The second kappa shape index (κ2) is 6.49. The minimum Gasteiger partial charge on any atom is -0.372 e. The quantitative estimate of drug-likeness (QED) is 0.486. The van der Waals surface area contributed by atoms with Crippen LogP contribution in [0.15, 0.2) is 30.3 Å². The van der Waals surface area contributed by atoms with Crippen molar-refractivity contribution >= 4 is 17.7 Å². The first-order valence-electron chi connectivity index (χ1n) is 6.82. The zero-order valence-corrected chi connectivity index (χ0v) is 12.1. The largest absolute Gasteiger partial charge is 0.372 e. The molecule has 0 radical (unpaired) electrons. The van der Waals surface area contributed by atoms with Crippen LogP contribution in [-0.2, 0) is 9.53 Å². The Morgan fingerprint density at radius 1 is 1.38 bits per heavy atom. The first kappa shape index (κ1) is 15.2. The predicted molar refractivity (Wildman–Crippen MR) is 78.7 cm³/mol. The van der Waals surface area contributed by atoms with Crippen molar-refractivity contribution in [3.63, 3.8) is 0 Å². The number of ether oxygens (including phenoxy) is 1. The number of rotatable bonds is 3. The molecule has 0 aliphatic carbocycles. The molecule has 6 heteroatoms. The average Bonchev–Trinajstić information content (AvgIpc) is 2.44. The summed E-state index contributed by atoms with van der Waals surface area (Å²) in [5.41, 5.74) is 0.644. The van der Waals surface area contributed by atoms with Crippen molar-refractivity contribution in [2.24, 2.45) is 0 Å². The number of hydrogen-bond donors (Lipinski definition) is 0. The molecular formula is C15H18N2O4.